The number of thiazole rings is 1. The van der Waals surface area contributed by atoms with Gasteiger partial charge in [-0.3, -0.25) is 0 Å². The van der Waals surface area contributed by atoms with Crippen LogP contribution in [0.25, 0.3) is 32.1 Å². The fourth-order valence-electron chi connectivity index (χ4n) is 7.08. The van der Waals surface area contributed by atoms with Gasteiger partial charge >= 0.3 is 17.9 Å². The molecule has 0 bridgehead atoms. The summed E-state index contributed by atoms with van der Waals surface area (Å²) in [6.07, 6.45) is 7.38. The minimum Gasteiger partial charge on any atom is -0.494 e. The quantitative estimate of drug-likeness (QED) is 0.0146. The van der Waals surface area contributed by atoms with E-state index in [-0.39, 0.29) is 12.6 Å². The lowest BCUT2D eigenvalue weighted by Gasteiger charge is -2.19. The van der Waals surface area contributed by atoms with Crippen LogP contribution in [0, 0.1) is 0 Å². The van der Waals surface area contributed by atoms with Crippen molar-refractivity contribution in [2.45, 2.75) is 78.6 Å². The maximum absolute atomic E-state index is 13.8. The van der Waals surface area contributed by atoms with Crippen molar-refractivity contribution in [3.05, 3.63) is 144 Å². The van der Waals surface area contributed by atoms with E-state index >= 15 is 0 Å². The molecule has 0 radical (unpaired) electrons. The molecule has 10 nitrogen and oxygen atoms in total. The van der Waals surface area contributed by atoms with E-state index in [1.54, 1.807) is 31.2 Å². The monoisotopic (exact) mass is 897 g/mol. The normalized spacial score (nSPS) is 11.4. The van der Waals surface area contributed by atoms with Gasteiger partial charge in [0.15, 0.2) is 0 Å². The van der Waals surface area contributed by atoms with Crippen molar-refractivity contribution < 1.29 is 37.7 Å². The third kappa shape index (κ3) is 13.7. The summed E-state index contributed by atoms with van der Waals surface area (Å²) >= 11 is 1.54. The molecule has 12 heteroatoms. The zero-order valence-corrected chi connectivity index (χ0v) is 38.2. The highest BCUT2D eigenvalue weighted by atomic mass is 32.1. The minimum absolute atomic E-state index is 0.0763. The van der Waals surface area contributed by atoms with E-state index in [2.05, 4.69) is 68.6 Å². The maximum Gasteiger partial charge on any atom is 0.366 e. The second-order valence-electron chi connectivity index (χ2n) is 15.8. The summed E-state index contributed by atoms with van der Waals surface area (Å²) in [6, 6.07) is 33.4. The first-order valence-corrected chi connectivity index (χ1v) is 23.0. The van der Waals surface area contributed by atoms with E-state index in [0.29, 0.717) is 78.1 Å². The van der Waals surface area contributed by atoms with Crippen molar-refractivity contribution in [2.24, 2.45) is 5.10 Å². The number of halogens is 1. The van der Waals surface area contributed by atoms with Gasteiger partial charge < -0.3 is 18.9 Å². The van der Waals surface area contributed by atoms with Crippen LogP contribution in [0.4, 0.5) is 9.52 Å². The number of benzene rings is 5. The van der Waals surface area contributed by atoms with Crippen LogP contribution >= 0.6 is 11.3 Å². The third-order valence-corrected chi connectivity index (χ3v) is 11.6. The van der Waals surface area contributed by atoms with Crippen molar-refractivity contribution in [1.29, 1.82) is 0 Å². The van der Waals surface area contributed by atoms with Gasteiger partial charge in [-0.25, -0.2) is 24.4 Å². The van der Waals surface area contributed by atoms with Gasteiger partial charge in [0.2, 0.25) is 11.0 Å². The highest BCUT2D eigenvalue weighted by Crippen LogP contribution is 2.35. The fraction of sp³-hybridized carbons (Fsp3) is 0.302. The number of anilines is 1. The molecule has 5 aromatic carbocycles. The summed E-state index contributed by atoms with van der Waals surface area (Å²) in [7, 11) is 0. The Labute approximate surface area is 384 Å². The minimum atomic E-state index is -1.12. The highest BCUT2D eigenvalue weighted by Gasteiger charge is 2.19. The van der Waals surface area contributed by atoms with Crippen LogP contribution in [0.2, 0.25) is 0 Å². The summed E-state index contributed by atoms with van der Waals surface area (Å²) in [5.74, 6) is -2.06. The number of rotatable bonds is 24. The molecular formula is C53H56FN3O7S. The Kier molecular flexibility index (Phi) is 17.6. The van der Waals surface area contributed by atoms with Crippen molar-refractivity contribution >= 4 is 61.1 Å². The lowest BCUT2D eigenvalue weighted by Crippen LogP contribution is -2.20. The molecular weight excluding hydrogens is 842 g/mol. The molecule has 1 heterocycles. The van der Waals surface area contributed by atoms with E-state index in [1.807, 2.05) is 42.3 Å². The average Bonchev–Trinajstić information content (AvgIpc) is 3.76. The molecule has 0 N–H and O–H groups in total. The van der Waals surface area contributed by atoms with Crippen LogP contribution in [0.3, 0.4) is 0 Å². The second kappa shape index (κ2) is 23.9. The number of hydrogen-bond donors (Lipinski definition) is 0. The van der Waals surface area contributed by atoms with Crippen LogP contribution in [0.1, 0.15) is 93.6 Å². The Morgan fingerprint density at radius 2 is 1.43 bits per heavy atom. The first kappa shape index (κ1) is 47.8. The summed E-state index contributed by atoms with van der Waals surface area (Å²) < 4.78 is 36.4. The zero-order chi connectivity index (χ0) is 46.1. The Hall–Kier alpha value is -6.66. The number of hydrazone groups is 1. The van der Waals surface area contributed by atoms with Gasteiger partial charge in [-0.05, 0) is 130 Å². The Morgan fingerprint density at radius 1 is 0.754 bits per heavy atom. The van der Waals surface area contributed by atoms with Crippen molar-refractivity contribution in [3.8, 4) is 22.6 Å². The van der Waals surface area contributed by atoms with Gasteiger partial charge in [0.25, 0.3) is 0 Å². The number of aromatic nitrogens is 1. The number of unbranched alkanes of at least 4 members (excludes halogenated alkanes) is 5. The largest absolute Gasteiger partial charge is 0.494 e. The summed E-state index contributed by atoms with van der Waals surface area (Å²) in [5.41, 5.74) is 6.10. The molecule has 0 aliphatic rings. The Bertz CT molecular complexity index is 2640. The van der Waals surface area contributed by atoms with E-state index in [1.165, 1.54) is 16.9 Å². The standard InChI is InChI=1S/C53H56FN3O7S/c1-6-16-39-19-21-40(22-20-39)43-25-29-47(64-52(60)42-23-27-44(28-24-42)61-32-13-7-8-14-33-62-50(58)36(2)3)46(35-43)38(5)56-57(31-12-9-15-34-63-51(59)37(4)54)53-55-49-45-18-11-10-17-41(45)26-30-48(49)65-53/h10-11,17-30,35H,2,4,6-9,12-16,31-34H2,1,3,5H3/b56-38+. The number of hydrogen-bond acceptors (Lipinski definition) is 11. The molecule has 0 spiro atoms. The SMILES string of the molecule is C=C(C)C(=O)OCCCCCCOc1ccc(C(=O)Oc2ccc(-c3ccc(CCC)cc3)cc2/C(C)=N/N(CCCCCOC(=O)C(=C)F)c2nc3c(ccc4ccccc43)s2)cc1. The zero-order valence-electron chi connectivity index (χ0n) is 37.4. The van der Waals surface area contributed by atoms with E-state index in [4.69, 9.17) is 29.0 Å². The average molecular weight is 898 g/mol. The number of fused-ring (bicyclic) bond motifs is 3. The highest BCUT2D eigenvalue weighted by molar-refractivity contribution is 7.22. The molecule has 0 aliphatic heterocycles. The van der Waals surface area contributed by atoms with Crippen molar-refractivity contribution in [2.75, 3.05) is 31.4 Å². The van der Waals surface area contributed by atoms with Gasteiger partial charge in [0.1, 0.15) is 11.5 Å². The predicted octanol–water partition coefficient (Wildman–Crippen LogP) is 12.8. The first-order chi connectivity index (χ1) is 31.5. The number of nitrogens with zero attached hydrogens (tertiary/aromatic N) is 3. The number of aryl methyl sites for hydroxylation is 1. The van der Waals surface area contributed by atoms with Gasteiger partial charge in [0, 0.05) is 23.1 Å². The molecule has 6 rings (SSSR count). The molecule has 65 heavy (non-hydrogen) atoms. The number of esters is 3. The number of carbonyl (C=O) groups excluding carboxylic acids is 3. The van der Waals surface area contributed by atoms with E-state index < -0.39 is 17.8 Å². The van der Waals surface area contributed by atoms with Crippen LogP contribution in [-0.2, 0) is 25.5 Å². The molecule has 0 amide bonds. The molecule has 1 aromatic heterocycles. The van der Waals surface area contributed by atoms with E-state index in [9.17, 15) is 18.8 Å². The number of carbonyl (C=O) groups is 3. The molecule has 0 unspecified atom stereocenters. The maximum atomic E-state index is 13.8. The Morgan fingerprint density at radius 3 is 2.14 bits per heavy atom. The number of ether oxygens (including phenoxy) is 4. The summed E-state index contributed by atoms with van der Waals surface area (Å²) in [4.78, 5) is 42.0. The second-order valence-corrected chi connectivity index (χ2v) is 16.8. The van der Waals surface area contributed by atoms with Gasteiger partial charge in [-0.1, -0.05) is 98.5 Å². The van der Waals surface area contributed by atoms with Gasteiger partial charge in [0.05, 0.1) is 41.3 Å². The van der Waals surface area contributed by atoms with Crippen molar-refractivity contribution in [1.82, 2.24) is 4.98 Å². The lowest BCUT2D eigenvalue weighted by atomic mass is 9.98. The molecule has 0 fully saturated rings. The molecule has 0 saturated heterocycles. The van der Waals surface area contributed by atoms with Gasteiger partial charge in [-0.2, -0.15) is 9.49 Å². The fourth-order valence-corrected chi connectivity index (χ4v) is 8.04. The molecule has 338 valence electrons. The summed E-state index contributed by atoms with van der Waals surface area (Å²) in [5, 5.41) is 9.88. The van der Waals surface area contributed by atoms with Crippen molar-refractivity contribution in [3.63, 3.8) is 0 Å². The molecule has 0 saturated carbocycles. The molecule has 6 aromatic rings. The van der Waals surface area contributed by atoms with Gasteiger partial charge in [-0.15, -0.1) is 0 Å². The Balaban J connectivity index is 1.22. The third-order valence-electron chi connectivity index (χ3n) is 10.6. The summed E-state index contributed by atoms with van der Waals surface area (Å²) in [6.45, 7) is 13.7. The van der Waals surface area contributed by atoms with Crippen LogP contribution < -0.4 is 14.5 Å². The lowest BCUT2D eigenvalue weighted by molar-refractivity contribution is -0.141. The smallest absolute Gasteiger partial charge is 0.366 e. The van der Waals surface area contributed by atoms with Crippen LogP contribution in [0.5, 0.6) is 11.5 Å². The molecule has 0 atom stereocenters. The van der Waals surface area contributed by atoms with Crippen LogP contribution in [-0.4, -0.2) is 55.0 Å². The molecule has 0 aliphatic carbocycles. The van der Waals surface area contributed by atoms with Crippen LogP contribution in [0.15, 0.2) is 133 Å². The predicted molar refractivity (Wildman–Crippen MR) is 259 cm³/mol. The van der Waals surface area contributed by atoms with E-state index in [0.717, 1.165) is 70.6 Å². The first-order valence-electron chi connectivity index (χ1n) is 22.1. The topological polar surface area (TPSA) is 117 Å².